The summed E-state index contributed by atoms with van der Waals surface area (Å²) in [5.41, 5.74) is 2.22. The Morgan fingerprint density at radius 1 is 1.14 bits per heavy atom. The van der Waals surface area contributed by atoms with E-state index in [1.54, 1.807) is 6.08 Å². The highest BCUT2D eigenvalue weighted by molar-refractivity contribution is 6.31. The highest BCUT2D eigenvalue weighted by Gasteiger charge is 2.20. The number of para-hydroxylation sites is 1. The molecule has 0 saturated carbocycles. The lowest BCUT2D eigenvalue weighted by atomic mass is 10.0. The van der Waals surface area contributed by atoms with Gasteiger partial charge in [-0.25, -0.2) is 4.79 Å². The van der Waals surface area contributed by atoms with Crippen LogP contribution in [0.25, 0.3) is 11.6 Å². The van der Waals surface area contributed by atoms with Crippen LogP contribution >= 0.6 is 0 Å². The molecule has 0 unspecified atom stereocenters. The smallest absolute Gasteiger partial charge is 0.333 e. The molecule has 22 heavy (non-hydrogen) atoms. The van der Waals surface area contributed by atoms with Gasteiger partial charge in [0.15, 0.2) is 0 Å². The standard InChI is InChI=1S/C16H15N3O3/c1-9-11(10-6-4-5-7-13(10)17-9)8-12-14(20)18(2)16(22)19(3)15(12)21/h4-8,20H,1-3H3/b11-8+. The zero-order valence-electron chi connectivity index (χ0n) is 12.5. The van der Waals surface area contributed by atoms with Crippen molar-refractivity contribution in [3.8, 4) is 5.88 Å². The van der Waals surface area contributed by atoms with E-state index in [4.69, 9.17) is 0 Å². The number of nitrogens with zero attached hydrogens (tertiary/aromatic N) is 3. The summed E-state index contributed by atoms with van der Waals surface area (Å²) in [5.74, 6) is -0.349. The monoisotopic (exact) mass is 297 g/mol. The first-order valence-electron chi connectivity index (χ1n) is 6.77. The number of hydrogen-bond donors (Lipinski definition) is 1. The molecule has 1 aliphatic heterocycles. The van der Waals surface area contributed by atoms with Gasteiger partial charge in [-0.05, 0) is 19.1 Å². The van der Waals surface area contributed by atoms with Gasteiger partial charge in [-0.15, -0.1) is 0 Å². The van der Waals surface area contributed by atoms with E-state index in [0.717, 1.165) is 31.7 Å². The second-order valence-corrected chi connectivity index (χ2v) is 5.22. The molecule has 0 radical (unpaired) electrons. The number of allylic oxidation sites excluding steroid dienone is 1. The van der Waals surface area contributed by atoms with E-state index in [-0.39, 0.29) is 11.4 Å². The van der Waals surface area contributed by atoms with E-state index in [2.05, 4.69) is 4.99 Å². The lowest BCUT2D eigenvalue weighted by Crippen LogP contribution is -2.38. The Labute approximate surface area is 126 Å². The number of rotatable bonds is 1. The minimum absolute atomic E-state index is 0.0749. The summed E-state index contributed by atoms with van der Waals surface area (Å²) in [5, 5.41) is 10.1. The van der Waals surface area contributed by atoms with Crippen molar-refractivity contribution in [2.45, 2.75) is 6.92 Å². The Morgan fingerprint density at radius 3 is 2.55 bits per heavy atom. The molecule has 0 fully saturated rings. The van der Waals surface area contributed by atoms with Crippen LogP contribution in [0.2, 0.25) is 0 Å². The first-order chi connectivity index (χ1) is 10.4. The normalized spacial score (nSPS) is 15.0. The second-order valence-electron chi connectivity index (χ2n) is 5.22. The van der Waals surface area contributed by atoms with E-state index < -0.39 is 11.2 Å². The van der Waals surface area contributed by atoms with E-state index in [1.165, 1.54) is 14.1 Å². The average molecular weight is 297 g/mol. The molecule has 2 aromatic rings. The van der Waals surface area contributed by atoms with Gasteiger partial charge in [0, 0.05) is 30.9 Å². The number of aromatic hydroxyl groups is 1. The molecule has 0 saturated heterocycles. The maximum atomic E-state index is 12.3. The van der Waals surface area contributed by atoms with Gasteiger partial charge in [0.2, 0.25) is 5.88 Å². The number of benzene rings is 1. The molecule has 2 heterocycles. The number of aromatic nitrogens is 2. The van der Waals surface area contributed by atoms with E-state index in [1.807, 2.05) is 31.2 Å². The Morgan fingerprint density at radius 2 is 1.82 bits per heavy atom. The van der Waals surface area contributed by atoms with Crippen LogP contribution in [0.15, 0.2) is 38.8 Å². The molecule has 6 nitrogen and oxygen atoms in total. The van der Waals surface area contributed by atoms with Gasteiger partial charge in [-0.1, -0.05) is 18.2 Å². The van der Waals surface area contributed by atoms with E-state index >= 15 is 0 Å². The molecule has 6 heteroatoms. The summed E-state index contributed by atoms with van der Waals surface area (Å²) in [6.07, 6.45) is 1.59. The van der Waals surface area contributed by atoms with Gasteiger partial charge < -0.3 is 5.11 Å². The van der Waals surface area contributed by atoms with Crippen molar-refractivity contribution < 1.29 is 5.11 Å². The Kier molecular flexibility index (Phi) is 3.09. The van der Waals surface area contributed by atoms with Crippen LogP contribution < -0.4 is 11.2 Å². The number of hydrogen-bond acceptors (Lipinski definition) is 4. The summed E-state index contributed by atoms with van der Waals surface area (Å²) >= 11 is 0. The quantitative estimate of drug-likeness (QED) is 0.865. The summed E-state index contributed by atoms with van der Waals surface area (Å²) in [6.45, 7) is 1.84. The topological polar surface area (TPSA) is 76.6 Å². The molecule has 0 aliphatic carbocycles. The third-order valence-electron chi connectivity index (χ3n) is 3.83. The average Bonchev–Trinajstić information content (AvgIpc) is 2.83. The molecule has 1 N–H and O–H groups in total. The lowest BCUT2D eigenvalue weighted by Gasteiger charge is -2.09. The zero-order valence-corrected chi connectivity index (χ0v) is 12.5. The first-order valence-corrected chi connectivity index (χ1v) is 6.77. The molecular weight excluding hydrogens is 282 g/mol. The van der Waals surface area contributed by atoms with Crippen molar-refractivity contribution in [2.24, 2.45) is 19.1 Å². The van der Waals surface area contributed by atoms with E-state index in [0.29, 0.717) is 0 Å². The van der Waals surface area contributed by atoms with Crippen LogP contribution in [0.1, 0.15) is 18.1 Å². The third kappa shape index (κ3) is 1.92. The minimum atomic E-state index is -0.568. The molecule has 112 valence electrons. The predicted octanol–water partition coefficient (Wildman–Crippen LogP) is 1.44. The van der Waals surface area contributed by atoms with Gasteiger partial charge in [0.05, 0.1) is 5.69 Å². The largest absolute Gasteiger partial charge is 0.494 e. The van der Waals surface area contributed by atoms with Crippen molar-refractivity contribution in [1.29, 1.82) is 0 Å². The highest BCUT2D eigenvalue weighted by atomic mass is 16.3. The summed E-state index contributed by atoms with van der Waals surface area (Å²) < 4.78 is 2.01. The van der Waals surface area contributed by atoms with Crippen molar-refractivity contribution >= 4 is 23.0 Å². The molecular formula is C16H15N3O3. The molecule has 0 bridgehead atoms. The molecule has 3 rings (SSSR count). The molecule has 1 aromatic heterocycles. The summed E-state index contributed by atoms with van der Waals surface area (Å²) in [6, 6.07) is 7.57. The van der Waals surface area contributed by atoms with Gasteiger partial charge in [0.25, 0.3) is 5.56 Å². The molecule has 1 aromatic carbocycles. The van der Waals surface area contributed by atoms with E-state index in [9.17, 15) is 14.7 Å². The van der Waals surface area contributed by atoms with Gasteiger partial charge >= 0.3 is 5.69 Å². The molecule has 0 atom stereocenters. The summed E-state index contributed by atoms with van der Waals surface area (Å²) in [7, 11) is 2.80. The van der Waals surface area contributed by atoms with Crippen LogP contribution in [0, 0.1) is 0 Å². The van der Waals surface area contributed by atoms with Crippen molar-refractivity contribution in [1.82, 2.24) is 9.13 Å². The SMILES string of the molecule is CC1=Nc2ccccc2/C1=C/c1c(O)n(C)c(=O)n(C)c1=O. The highest BCUT2D eigenvalue weighted by Crippen LogP contribution is 2.35. The predicted molar refractivity (Wildman–Crippen MR) is 85.7 cm³/mol. The lowest BCUT2D eigenvalue weighted by molar-refractivity contribution is 0.410. The van der Waals surface area contributed by atoms with Crippen molar-refractivity contribution in [3.63, 3.8) is 0 Å². The van der Waals surface area contributed by atoms with Gasteiger partial charge in [0.1, 0.15) is 5.56 Å². The Bertz CT molecular complexity index is 962. The van der Waals surface area contributed by atoms with Crippen LogP contribution in [-0.4, -0.2) is 20.0 Å². The molecule has 0 spiro atoms. The summed E-state index contributed by atoms with van der Waals surface area (Å²) in [4.78, 5) is 28.5. The van der Waals surface area contributed by atoms with Crippen molar-refractivity contribution in [2.75, 3.05) is 0 Å². The zero-order chi connectivity index (χ0) is 16.0. The molecule has 0 amide bonds. The number of aliphatic imine (C=N–C) groups is 1. The number of fused-ring (bicyclic) bond motifs is 1. The Balaban J connectivity index is 2.30. The fourth-order valence-corrected chi connectivity index (χ4v) is 2.55. The Hall–Kier alpha value is -2.89. The van der Waals surface area contributed by atoms with Crippen LogP contribution in [0.5, 0.6) is 5.88 Å². The third-order valence-corrected chi connectivity index (χ3v) is 3.83. The fourth-order valence-electron chi connectivity index (χ4n) is 2.55. The first kappa shape index (κ1) is 14.1. The second kappa shape index (κ2) is 4.84. The van der Waals surface area contributed by atoms with Crippen LogP contribution in [-0.2, 0) is 14.1 Å². The van der Waals surface area contributed by atoms with Crippen LogP contribution in [0.4, 0.5) is 5.69 Å². The maximum Gasteiger partial charge on any atom is 0.333 e. The van der Waals surface area contributed by atoms with Gasteiger partial charge in [-0.2, -0.15) is 0 Å². The fraction of sp³-hybridized carbons (Fsp3) is 0.188. The maximum absolute atomic E-state index is 12.3. The van der Waals surface area contributed by atoms with Gasteiger partial charge in [-0.3, -0.25) is 18.9 Å². The minimum Gasteiger partial charge on any atom is -0.494 e. The van der Waals surface area contributed by atoms with Crippen LogP contribution in [0.3, 0.4) is 0 Å². The molecule has 1 aliphatic rings. The van der Waals surface area contributed by atoms with Crippen molar-refractivity contribution in [3.05, 3.63) is 56.2 Å².